The van der Waals surface area contributed by atoms with Gasteiger partial charge in [0.1, 0.15) is 5.75 Å². The molecule has 1 aromatic carbocycles. The zero-order valence-electron chi connectivity index (χ0n) is 9.41. The Balaban J connectivity index is 2.41. The van der Waals surface area contributed by atoms with Crippen LogP contribution in [-0.2, 0) is 6.18 Å². The number of para-hydroxylation sites is 1. The summed E-state index contributed by atoms with van der Waals surface area (Å²) in [6.07, 6.45) is -3.07. The van der Waals surface area contributed by atoms with Crippen LogP contribution >= 0.6 is 15.9 Å². The summed E-state index contributed by atoms with van der Waals surface area (Å²) in [6, 6.07) is 6.36. The quantitative estimate of drug-likeness (QED) is 0.894. The van der Waals surface area contributed by atoms with Gasteiger partial charge in [-0.05, 0) is 28.1 Å². The van der Waals surface area contributed by atoms with Crippen molar-refractivity contribution in [1.82, 2.24) is 4.98 Å². The van der Waals surface area contributed by atoms with E-state index < -0.39 is 11.7 Å². The predicted octanol–water partition coefficient (Wildman–Crippen LogP) is 4.24. The largest absolute Gasteiger partial charge is 0.453 e. The summed E-state index contributed by atoms with van der Waals surface area (Å²) in [4.78, 5) is 3.79. The zero-order valence-corrected chi connectivity index (χ0v) is 11.0. The number of halogens is 4. The van der Waals surface area contributed by atoms with Crippen LogP contribution in [0, 0.1) is 0 Å². The summed E-state index contributed by atoms with van der Waals surface area (Å²) >= 11 is 3.15. The maximum absolute atomic E-state index is 12.8. The lowest BCUT2D eigenvalue weighted by molar-refractivity contribution is -0.138. The molecule has 19 heavy (non-hydrogen) atoms. The highest BCUT2D eigenvalue weighted by atomic mass is 79.9. The second-order valence-electron chi connectivity index (χ2n) is 3.63. The summed E-state index contributed by atoms with van der Waals surface area (Å²) in [5, 5.41) is 0. The van der Waals surface area contributed by atoms with Crippen molar-refractivity contribution in [2.75, 3.05) is 5.73 Å². The molecular formula is C12H8BrF3N2O. The number of alkyl halides is 3. The Bertz CT molecular complexity index is 602. The highest BCUT2D eigenvalue weighted by Gasteiger charge is 2.34. The Morgan fingerprint density at radius 3 is 2.53 bits per heavy atom. The van der Waals surface area contributed by atoms with Crippen LogP contribution in [0.5, 0.6) is 11.5 Å². The standard InChI is InChI=1S/C12H8BrF3N2O/c13-7-5-10(11(17)18-6-7)19-9-4-2-1-3-8(9)12(14,15)16/h1-6H,(H2,17,18). The molecule has 2 rings (SSSR count). The van der Waals surface area contributed by atoms with Crippen LogP contribution in [0.2, 0.25) is 0 Å². The van der Waals surface area contributed by atoms with Crippen molar-refractivity contribution in [1.29, 1.82) is 0 Å². The highest BCUT2D eigenvalue weighted by molar-refractivity contribution is 9.10. The molecule has 0 radical (unpaired) electrons. The monoisotopic (exact) mass is 332 g/mol. The lowest BCUT2D eigenvalue weighted by Crippen LogP contribution is -2.07. The summed E-state index contributed by atoms with van der Waals surface area (Å²) in [5.41, 5.74) is 4.69. The van der Waals surface area contributed by atoms with Gasteiger partial charge in [-0.1, -0.05) is 12.1 Å². The van der Waals surface area contributed by atoms with Crippen LogP contribution in [0.15, 0.2) is 41.0 Å². The fourth-order valence-electron chi connectivity index (χ4n) is 1.42. The van der Waals surface area contributed by atoms with Crippen molar-refractivity contribution in [2.24, 2.45) is 0 Å². The summed E-state index contributed by atoms with van der Waals surface area (Å²) in [7, 11) is 0. The molecule has 0 fully saturated rings. The van der Waals surface area contributed by atoms with E-state index in [0.717, 1.165) is 6.07 Å². The first-order valence-electron chi connectivity index (χ1n) is 5.13. The number of hydrogen-bond donors (Lipinski definition) is 1. The number of anilines is 1. The number of nitrogen functional groups attached to an aromatic ring is 1. The van der Waals surface area contributed by atoms with Gasteiger partial charge in [0.2, 0.25) is 0 Å². The first kappa shape index (κ1) is 13.7. The molecule has 0 aliphatic heterocycles. The van der Waals surface area contributed by atoms with E-state index in [-0.39, 0.29) is 17.3 Å². The summed E-state index contributed by atoms with van der Waals surface area (Å²) < 4.78 is 44.2. The molecule has 3 nitrogen and oxygen atoms in total. The molecule has 0 saturated heterocycles. The maximum Gasteiger partial charge on any atom is 0.419 e. The molecule has 1 aromatic heterocycles. The molecule has 2 N–H and O–H groups in total. The van der Waals surface area contributed by atoms with Gasteiger partial charge >= 0.3 is 6.18 Å². The molecule has 0 spiro atoms. The van der Waals surface area contributed by atoms with Gasteiger partial charge < -0.3 is 10.5 Å². The first-order chi connectivity index (χ1) is 8.88. The fourth-order valence-corrected chi connectivity index (χ4v) is 1.73. The van der Waals surface area contributed by atoms with Gasteiger partial charge in [-0.15, -0.1) is 0 Å². The maximum atomic E-state index is 12.8. The topological polar surface area (TPSA) is 48.1 Å². The second-order valence-corrected chi connectivity index (χ2v) is 4.55. The minimum Gasteiger partial charge on any atom is -0.453 e. The van der Waals surface area contributed by atoms with Crippen molar-refractivity contribution in [3.8, 4) is 11.5 Å². The van der Waals surface area contributed by atoms with Crippen LogP contribution in [0.25, 0.3) is 0 Å². The van der Waals surface area contributed by atoms with Gasteiger partial charge in [0, 0.05) is 16.7 Å². The number of benzene rings is 1. The van der Waals surface area contributed by atoms with Gasteiger partial charge in [-0.2, -0.15) is 13.2 Å². The van der Waals surface area contributed by atoms with E-state index in [9.17, 15) is 13.2 Å². The van der Waals surface area contributed by atoms with Crippen molar-refractivity contribution in [3.05, 3.63) is 46.6 Å². The molecular weight excluding hydrogens is 325 g/mol. The Morgan fingerprint density at radius 2 is 1.84 bits per heavy atom. The van der Waals surface area contributed by atoms with Crippen LogP contribution < -0.4 is 10.5 Å². The average Bonchev–Trinajstić information content (AvgIpc) is 2.33. The smallest absolute Gasteiger partial charge is 0.419 e. The van der Waals surface area contributed by atoms with Crippen LogP contribution in [0.4, 0.5) is 19.0 Å². The van der Waals surface area contributed by atoms with Crippen LogP contribution in [0.3, 0.4) is 0 Å². The molecule has 0 saturated carbocycles. The molecule has 0 aliphatic rings. The van der Waals surface area contributed by atoms with E-state index in [4.69, 9.17) is 10.5 Å². The minimum atomic E-state index is -4.50. The number of nitrogens with zero attached hydrogens (tertiary/aromatic N) is 1. The SMILES string of the molecule is Nc1ncc(Br)cc1Oc1ccccc1C(F)(F)F. The molecule has 7 heteroatoms. The Labute approximate surface area is 115 Å². The van der Waals surface area contributed by atoms with E-state index in [2.05, 4.69) is 20.9 Å². The van der Waals surface area contributed by atoms with Crippen molar-refractivity contribution < 1.29 is 17.9 Å². The first-order valence-corrected chi connectivity index (χ1v) is 5.92. The van der Waals surface area contributed by atoms with Crippen LogP contribution in [-0.4, -0.2) is 4.98 Å². The number of rotatable bonds is 2. The lowest BCUT2D eigenvalue weighted by atomic mass is 10.2. The zero-order chi connectivity index (χ0) is 14.0. The summed E-state index contributed by atoms with van der Waals surface area (Å²) in [6.45, 7) is 0. The van der Waals surface area contributed by atoms with E-state index in [1.807, 2.05) is 0 Å². The third-order valence-electron chi connectivity index (χ3n) is 2.26. The molecule has 0 atom stereocenters. The van der Waals surface area contributed by atoms with E-state index in [0.29, 0.717) is 4.47 Å². The molecule has 0 aliphatic carbocycles. The van der Waals surface area contributed by atoms with Crippen LogP contribution in [0.1, 0.15) is 5.56 Å². The van der Waals surface area contributed by atoms with E-state index in [1.54, 1.807) is 0 Å². The minimum absolute atomic E-state index is 0.0141. The summed E-state index contributed by atoms with van der Waals surface area (Å²) in [5.74, 6) is -0.243. The molecule has 2 aromatic rings. The van der Waals surface area contributed by atoms with Gasteiger partial charge in [-0.3, -0.25) is 0 Å². The lowest BCUT2D eigenvalue weighted by Gasteiger charge is -2.14. The van der Waals surface area contributed by atoms with Crippen molar-refractivity contribution in [2.45, 2.75) is 6.18 Å². The fraction of sp³-hybridized carbons (Fsp3) is 0.0833. The number of aromatic nitrogens is 1. The second kappa shape index (κ2) is 5.08. The Kier molecular flexibility index (Phi) is 3.66. The molecule has 0 bridgehead atoms. The molecule has 100 valence electrons. The number of pyridine rings is 1. The van der Waals surface area contributed by atoms with Gasteiger partial charge in [0.15, 0.2) is 11.6 Å². The van der Waals surface area contributed by atoms with Gasteiger partial charge in [-0.25, -0.2) is 4.98 Å². The Hall–Kier alpha value is -1.76. The highest BCUT2D eigenvalue weighted by Crippen LogP contribution is 2.39. The third-order valence-corrected chi connectivity index (χ3v) is 2.69. The van der Waals surface area contributed by atoms with Crippen molar-refractivity contribution >= 4 is 21.7 Å². The molecule has 0 amide bonds. The molecule has 1 heterocycles. The normalized spacial score (nSPS) is 11.4. The van der Waals surface area contributed by atoms with Gasteiger partial charge in [0.25, 0.3) is 0 Å². The van der Waals surface area contributed by atoms with E-state index in [1.165, 1.54) is 30.5 Å². The third kappa shape index (κ3) is 3.17. The Morgan fingerprint density at radius 1 is 1.16 bits per heavy atom. The molecule has 0 unspecified atom stereocenters. The number of ether oxygens (including phenoxy) is 1. The van der Waals surface area contributed by atoms with Gasteiger partial charge in [0.05, 0.1) is 5.56 Å². The van der Waals surface area contributed by atoms with E-state index >= 15 is 0 Å². The average molecular weight is 333 g/mol. The predicted molar refractivity (Wildman–Crippen MR) is 67.9 cm³/mol. The number of nitrogens with two attached hydrogens (primary N) is 1. The number of hydrogen-bond acceptors (Lipinski definition) is 3. The van der Waals surface area contributed by atoms with Crippen molar-refractivity contribution in [3.63, 3.8) is 0 Å².